The minimum absolute atomic E-state index is 0.401. The standard InChI is InChI=1S/C10H10F2O3/c1-5-2-7(11)6(8(12)3-5)4-9(13)10(14)15/h2-3,9,13H,4H2,1H3,(H,14,15). The lowest BCUT2D eigenvalue weighted by molar-refractivity contribution is -0.146. The van der Waals surface area contributed by atoms with Gasteiger partial charge in [-0.3, -0.25) is 0 Å². The third-order valence-corrected chi connectivity index (χ3v) is 1.97. The Hall–Kier alpha value is -1.49. The van der Waals surface area contributed by atoms with Crippen molar-refractivity contribution in [1.29, 1.82) is 0 Å². The van der Waals surface area contributed by atoms with E-state index in [1.54, 1.807) is 0 Å². The fourth-order valence-corrected chi connectivity index (χ4v) is 1.21. The van der Waals surface area contributed by atoms with Gasteiger partial charge in [0.05, 0.1) is 0 Å². The summed E-state index contributed by atoms with van der Waals surface area (Å²) in [6.45, 7) is 1.52. The highest BCUT2D eigenvalue weighted by atomic mass is 19.1. The van der Waals surface area contributed by atoms with E-state index in [0.29, 0.717) is 5.56 Å². The first-order valence-corrected chi connectivity index (χ1v) is 4.27. The monoisotopic (exact) mass is 216 g/mol. The largest absolute Gasteiger partial charge is 0.479 e. The number of hydrogen-bond acceptors (Lipinski definition) is 2. The summed E-state index contributed by atoms with van der Waals surface area (Å²) in [5, 5.41) is 17.3. The second-order valence-electron chi connectivity index (χ2n) is 3.27. The van der Waals surface area contributed by atoms with Gasteiger partial charge in [-0.05, 0) is 24.6 Å². The molecule has 15 heavy (non-hydrogen) atoms. The Bertz CT molecular complexity index is 367. The maximum atomic E-state index is 13.2. The maximum Gasteiger partial charge on any atom is 0.332 e. The molecule has 1 atom stereocenters. The Labute approximate surface area is 85.0 Å². The number of aliphatic carboxylic acids is 1. The van der Waals surface area contributed by atoms with E-state index >= 15 is 0 Å². The van der Waals surface area contributed by atoms with Gasteiger partial charge in [0, 0.05) is 12.0 Å². The molecule has 1 aromatic carbocycles. The lowest BCUT2D eigenvalue weighted by atomic mass is 10.0. The lowest BCUT2D eigenvalue weighted by Crippen LogP contribution is -2.23. The number of carboxylic acid groups (broad SMARTS) is 1. The van der Waals surface area contributed by atoms with Gasteiger partial charge in [-0.25, -0.2) is 13.6 Å². The summed E-state index contributed by atoms with van der Waals surface area (Å²) in [4.78, 5) is 10.3. The van der Waals surface area contributed by atoms with Crippen molar-refractivity contribution in [2.75, 3.05) is 0 Å². The zero-order chi connectivity index (χ0) is 11.6. The number of hydrogen-bond donors (Lipinski definition) is 2. The first kappa shape index (κ1) is 11.6. The molecule has 1 rings (SSSR count). The van der Waals surface area contributed by atoms with E-state index in [1.165, 1.54) is 6.92 Å². The molecule has 0 aliphatic heterocycles. The van der Waals surface area contributed by atoms with Crippen LogP contribution in [0.4, 0.5) is 8.78 Å². The number of aliphatic hydroxyl groups excluding tert-OH is 1. The number of aliphatic hydroxyl groups is 1. The number of halogens is 2. The van der Waals surface area contributed by atoms with E-state index in [2.05, 4.69) is 0 Å². The molecule has 0 saturated heterocycles. The molecule has 0 bridgehead atoms. The third-order valence-electron chi connectivity index (χ3n) is 1.97. The van der Waals surface area contributed by atoms with Gasteiger partial charge < -0.3 is 10.2 Å². The number of aryl methyl sites for hydroxylation is 1. The molecule has 2 N–H and O–H groups in total. The summed E-state index contributed by atoms with van der Waals surface area (Å²) in [5.74, 6) is -3.19. The Kier molecular flexibility index (Phi) is 3.36. The summed E-state index contributed by atoms with van der Waals surface area (Å²) < 4.78 is 26.4. The quantitative estimate of drug-likeness (QED) is 0.799. The smallest absolute Gasteiger partial charge is 0.332 e. The normalized spacial score (nSPS) is 12.5. The molecule has 0 heterocycles. The summed E-state index contributed by atoms with van der Waals surface area (Å²) in [7, 11) is 0. The fraction of sp³-hybridized carbons (Fsp3) is 0.300. The van der Waals surface area contributed by atoms with Crippen LogP contribution in [0, 0.1) is 18.6 Å². The van der Waals surface area contributed by atoms with Crippen molar-refractivity contribution in [3.8, 4) is 0 Å². The van der Waals surface area contributed by atoms with Crippen LogP contribution in [0.2, 0.25) is 0 Å². The zero-order valence-electron chi connectivity index (χ0n) is 8.00. The van der Waals surface area contributed by atoms with Crippen LogP contribution in [0.15, 0.2) is 12.1 Å². The summed E-state index contributed by atoms with van der Waals surface area (Å²) in [5.41, 5.74) is -0.00550. The molecule has 0 aliphatic carbocycles. The van der Waals surface area contributed by atoms with Crippen LogP contribution in [0.5, 0.6) is 0 Å². The van der Waals surface area contributed by atoms with Gasteiger partial charge in [-0.1, -0.05) is 0 Å². The molecule has 0 radical (unpaired) electrons. The van der Waals surface area contributed by atoms with Crippen molar-refractivity contribution >= 4 is 5.97 Å². The molecular weight excluding hydrogens is 206 g/mol. The van der Waals surface area contributed by atoms with E-state index in [0.717, 1.165) is 12.1 Å². The number of carboxylic acids is 1. The Morgan fingerprint density at radius 1 is 1.40 bits per heavy atom. The molecule has 0 amide bonds. The first-order chi connectivity index (χ1) is 6.91. The van der Waals surface area contributed by atoms with Crippen molar-refractivity contribution in [2.45, 2.75) is 19.4 Å². The molecule has 82 valence electrons. The minimum atomic E-state index is -1.79. The predicted molar refractivity (Wildman–Crippen MR) is 48.4 cm³/mol. The third kappa shape index (κ3) is 2.73. The van der Waals surface area contributed by atoms with Crippen molar-refractivity contribution in [3.05, 3.63) is 34.9 Å². The van der Waals surface area contributed by atoms with Gasteiger partial charge in [-0.2, -0.15) is 0 Å². The number of benzene rings is 1. The van der Waals surface area contributed by atoms with Gasteiger partial charge in [0.15, 0.2) is 6.10 Å². The molecular formula is C10H10F2O3. The zero-order valence-corrected chi connectivity index (χ0v) is 8.00. The minimum Gasteiger partial charge on any atom is -0.479 e. The van der Waals surface area contributed by atoms with Crippen molar-refractivity contribution < 1.29 is 23.8 Å². The molecule has 0 fully saturated rings. The van der Waals surface area contributed by atoms with Crippen LogP contribution in [-0.4, -0.2) is 22.3 Å². The fourth-order valence-electron chi connectivity index (χ4n) is 1.21. The highest BCUT2D eigenvalue weighted by molar-refractivity contribution is 5.72. The maximum absolute atomic E-state index is 13.2. The first-order valence-electron chi connectivity index (χ1n) is 4.27. The van der Waals surface area contributed by atoms with Crippen molar-refractivity contribution in [2.24, 2.45) is 0 Å². The SMILES string of the molecule is Cc1cc(F)c(CC(O)C(=O)O)c(F)c1. The lowest BCUT2D eigenvalue weighted by Gasteiger charge is -2.08. The van der Waals surface area contributed by atoms with Gasteiger partial charge >= 0.3 is 5.97 Å². The average Bonchev–Trinajstić information content (AvgIpc) is 2.10. The second-order valence-corrected chi connectivity index (χ2v) is 3.27. The topological polar surface area (TPSA) is 57.5 Å². The Morgan fingerprint density at radius 2 is 1.87 bits per heavy atom. The van der Waals surface area contributed by atoms with Gasteiger partial charge in [0.25, 0.3) is 0 Å². The van der Waals surface area contributed by atoms with Crippen LogP contribution in [-0.2, 0) is 11.2 Å². The van der Waals surface area contributed by atoms with Gasteiger partial charge in [0.2, 0.25) is 0 Å². The van der Waals surface area contributed by atoms with Gasteiger partial charge in [-0.15, -0.1) is 0 Å². The van der Waals surface area contributed by atoms with Crippen LogP contribution >= 0.6 is 0 Å². The van der Waals surface area contributed by atoms with Gasteiger partial charge in [0.1, 0.15) is 11.6 Å². The van der Waals surface area contributed by atoms with E-state index in [9.17, 15) is 13.6 Å². The molecule has 5 heteroatoms. The predicted octanol–water partition coefficient (Wildman–Crippen LogP) is 1.26. The van der Waals surface area contributed by atoms with E-state index < -0.39 is 35.7 Å². The molecule has 0 spiro atoms. The summed E-state index contributed by atoms with van der Waals surface area (Å²) >= 11 is 0. The highest BCUT2D eigenvalue weighted by Crippen LogP contribution is 2.16. The van der Waals surface area contributed by atoms with Crippen LogP contribution in [0.25, 0.3) is 0 Å². The summed E-state index contributed by atoms with van der Waals surface area (Å²) in [6.07, 6.45) is -2.37. The number of rotatable bonds is 3. The Balaban J connectivity index is 3.00. The van der Waals surface area contributed by atoms with Crippen LogP contribution in [0.1, 0.15) is 11.1 Å². The molecule has 0 aromatic heterocycles. The Morgan fingerprint density at radius 3 is 2.27 bits per heavy atom. The van der Waals surface area contributed by atoms with Crippen LogP contribution < -0.4 is 0 Å². The van der Waals surface area contributed by atoms with Crippen LogP contribution in [0.3, 0.4) is 0 Å². The molecule has 0 saturated carbocycles. The van der Waals surface area contributed by atoms with E-state index in [4.69, 9.17) is 10.2 Å². The number of carbonyl (C=O) groups is 1. The molecule has 0 aliphatic rings. The summed E-state index contributed by atoms with van der Waals surface area (Å²) in [6, 6.07) is 2.18. The second kappa shape index (κ2) is 4.35. The van der Waals surface area contributed by atoms with E-state index in [1.807, 2.05) is 0 Å². The highest BCUT2D eigenvalue weighted by Gasteiger charge is 2.19. The average molecular weight is 216 g/mol. The molecule has 1 unspecified atom stereocenters. The van der Waals surface area contributed by atoms with Crippen molar-refractivity contribution in [3.63, 3.8) is 0 Å². The van der Waals surface area contributed by atoms with Crippen molar-refractivity contribution in [1.82, 2.24) is 0 Å². The molecule has 1 aromatic rings. The molecule has 3 nitrogen and oxygen atoms in total. The van der Waals surface area contributed by atoms with E-state index in [-0.39, 0.29) is 0 Å².